The molecule has 0 aliphatic rings. The van der Waals surface area contributed by atoms with Crippen LogP contribution < -0.4 is 4.74 Å². The third-order valence-electron chi connectivity index (χ3n) is 6.02. The van der Waals surface area contributed by atoms with E-state index < -0.39 is 0 Å². The first-order valence-corrected chi connectivity index (χ1v) is 11.3. The van der Waals surface area contributed by atoms with Crippen molar-refractivity contribution >= 4 is 0 Å². The van der Waals surface area contributed by atoms with Crippen molar-refractivity contribution in [1.82, 2.24) is 0 Å². The molecular weight excluding hydrogens is 356 g/mol. The van der Waals surface area contributed by atoms with Crippen LogP contribution in [0, 0.1) is 33.6 Å². The summed E-state index contributed by atoms with van der Waals surface area (Å²) in [6.45, 7) is 11.7. The van der Waals surface area contributed by atoms with Gasteiger partial charge in [0.1, 0.15) is 5.75 Å². The van der Waals surface area contributed by atoms with E-state index in [1.165, 1.54) is 55.2 Å². The lowest BCUT2D eigenvalue weighted by atomic mass is 9.89. The number of unbranched alkanes of at least 4 members (excludes halogenated alkanes) is 2. The second-order valence-electron chi connectivity index (χ2n) is 8.69. The Morgan fingerprint density at radius 3 is 2.07 bits per heavy atom. The maximum Gasteiger partial charge on any atom is 0.125 e. The minimum absolute atomic E-state index is 0.0832. The molecule has 160 valence electrons. The molecule has 0 radical (unpaired) electrons. The third-order valence-corrected chi connectivity index (χ3v) is 6.02. The Morgan fingerprint density at radius 2 is 1.45 bits per heavy atom. The Bertz CT molecular complexity index is 740. The molecular formula is C27H40O2. The van der Waals surface area contributed by atoms with Crippen LogP contribution in [-0.4, -0.2) is 11.7 Å². The molecule has 2 nitrogen and oxygen atoms in total. The van der Waals surface area contributed by atoms with Crippen LogP contribution in [0.4, 0.5) is 0 Å². The predicted molar refractivity (Wildman–Crippen MR) is 124 cm³/mol. The summed E-state index contributed by atoms with van der Waals surface area (Å²) in [4.78, 5) is 0. The summed E-state index contributed by atoms with van der Waals surface area (Å²) in [5.41, 5.74) is 7.43. The fraction of sp³-hybridized carbons (Fsp3) is 0.556. The first-order valence-electron chi connectivity index (χ1n) is 11.3. The Hall–Kier alpha value is -1.80. The van der Waals surface area contributed by atoms with Crippen molar-refractivity contribution in [2.45, 2.75) is 86.2 Å². The Labute approximate surface area is 178 Å². The first kappa shape index (κ1) is 23.5. The van der Waals surface area contributed by atoms with Gasteiger partial charge in [-0.2, -0.15) is 0 Å². The summed E-state index contributed by atoms with van der Waals surface area (Å²) in [6.07, 6.45) is 8.72. The van der Waals surface area contributed by atoms with Gasteiger partial charge in [-0.25, -0.2) is 0 Å². The number of aliphatic hydroxyl groups is 1. The molecule has 0 heterocycles. The van der Waals surface area contributed by atoms with Crippen molar-refractivity contribution in [3.8, 4) is 5.75 Å². The van der Waals surface area contributed by atoms with E-state index >= 15 is 0 Å². The Kier molecular flexibility index (Phi) is 9.73. The maximum absolute atomic E-state index is 9.35. The van der Waals surface area contributed by atoms with E-state index in [1.54, 1.807) is 0 Å². The second-order valence-corrected chi connectivity index (χ2v) is 8.69. The molecule has 0 aromatic heterocycles. The molecule has 2 rings (SSSR count). The SMILES string of the molecule is CCCCC[C@@H](CCCOc1c(C)cc(CO)cc1C)Cc1ccc(C)c(C)c1. The fourth-order valence-electron chi connectivity index (χ4n) is 4.20. The third kappa shape index (κ3) is 7.51. The van der Waals surface area contributed by atoms with E-state index in [2.05, 4.69) is 52.8 Å². The van der Waals surface area contributed by atoms with Crippen molar-refractivity contribution in [3.63, 3.8) is 0 Å². The molecule has 2 aromatic rings. The van der Waals surface area contributed by atoms with Gasteiger partial charge in [0.15, 0.2) is 0 Å². The van der Waals surface area contributed by atoms with Crippen LogP contribution in [0.25, 0.3) is 0 Å². The first-order chi connectivity index (χ1) is 13.9. The van der Waals surface area contributed by atoms with E-state index in [-0.39, 0.29) is 6.61 Å². The van der Waals surface area contributed by atoms with Gasteiger partial charge >= 0.3 is 0 Å². The minimum atomic E-state index is 0.0832. The van der Waals surface area contributed by atoms with Crippen molar-refractivity contribution < 1.29 is 9.84 Å². The van der Waals surface area contributed by atoms with Crippen molar-refractivity contribution in [2.75, 3.05) is 6.61 Å². The molecule has 0 bridgehead atoms. The smallest absolute Gasteiger partial charge is 0.125 e. The zero-order valence-electron chi connectivity index (χ0n) is 19.2. The normalized spacial score (nSPS) is 12.2. The van der Waals surface area contributed by atoms with Crippen LogP contribution in [0.1, 0.15) is 78.8 Å². The molecule has 0 aliphatic carbocycles. The lowest BCUT2D eigenvalue weighted by molar-refractivity contribution is 0.277. The molecule has 0 aliphatic heterocycles. The van der Waals surface area contributed by atoms with Crippen LogP contribution in [-0.2, 0) is 13.0 Å². The zero-order chi connectivity index (χ0) is 21.2. The fourth-order valence-corrected chi connectivity index (χ4v) is 4.20. The number of ether oxygens (including phenoxy) is 1. The molecule has 0 fully saturated rings. The van der Waals surface area contributed by atoms with Crippen LogP contribution in [0.15, 0.2) is 30.3 Å². The molecule has 1 atom stereocenters. The summed E-state index contributed by atoms with van der Waals surface area (Å²) in [7, 11) is 0. The molecule has 2 heteroatoms. The van der Waals surface area contributed by atoms with Gasteiger partial charge in [-0.1, -0.05) is 62.9 Å². The minimum Gasteiger partial charge on any atom is -0.493 e. The maximum atomic E-state index is 9.35. The Morgan fingerprint density at radius 1 is 0.793 bits per heavy atom. The van der Waals surface area contributed by atoms with E-state index in [0.717, 1.165) is 41.4 Å². The van der Waals surface area contributed by atoms with Crippen molar-refractivity contribution in [3.05, 3.63) is 63.7 Å². The van der Waals surface area contributed by atoms with Gasteiger partial charge in [0, 0.05) is 0 Å². The summed E-state index contributed by atoms with van der Waals surface area (Å²) in [5, 5.41) is 9.35. The van der Waals surface area contributed by atoms with Crippen LogP contribution >= 0.6 is 0 Å². The average Bonchev–Trinajstić information content (AvgIpc) is 2.69. The van der Waals surface area contributed by atoms with Gasteiger partial charge in [0.25, 0.3) is 0 Å². The Balaban J connectivity index is 1.91. The molecule has 0 saturated heterocycles. The largest absolute Gasteiger partial charge is 0.493 e. The average molecular weight is 397 g/mol. The van der Waals surface area contributed by atoms with Gasteiger partial charge < -0.3 is 9.84 Å². The lowest BCUT2D eigenvalue weighted by Crippen LogP contribution is -2.09. The van der Waals surface area contributed by atoms with Gasteiger partial charge in [0.2, 0.25) is 0 Å². The van der Waals surface area contributed by atoms with E-state index in [0.29, 0.717) is 0 Å². The number of benzene rings is 2. The highest BCUT2D eigenvalue weighted by molar-refractivity contribution is 5.43. The van der Waals surface area contributed by atoms with Gasteiger partial charge in [0.05, 0.1) is 13.2 Å². The molecule has 0 unspecified atom stereocenters. The van der Waals surface area contributed by atoms with Crippen LogP contribution in [0.2, 0.25) is 0 Å². The summed E-state index contributed by atoms with van der Waals surface area (Å²) in [5.74, 6) is 1.71. The number of hydrogen-bond acceptors (Lipinski definition) is 2. The van der Waals surface area contributed by atoms with Crippen LogP contribution in [0.5, 0.6) is 5.75 Å². The molecule has 2 aromatic carbocycles. The molecule has 0 amide bonds. The number of aryl methyl sites for hydroxylation is 4. The second kappa shape index (κ2) is 12.0. The van der Waals surface area contributed by atoms with Crippen molar-refractivity contribution in [2.24, 2.45) is 5.92 Å². The highest BCUT2D eigenvalue weighted by Crippen LogP contribution is 2.26. The van der Waals surface area contributed by atoms with Gasteiger partial charge in [-0.3, -0.25) is 0 Å². The summed E-state index contributed by atoms with van der Waals surface area (Å²) < 4.78 is 6.15. The standard InChI is InChI=1S/C27H40O2/c1-6-7-8-10-24(18-25-13-12-20(2)21(3)15-25)11-9-14-29-27-22(4)16-26(19-28)17-23(27)5/h12-13,15-17,24,28H,6-11,14,18-19H2,1-5H3/t24-/m0/s1. The zero-order valence-corrected chi connectivity index (χ0v) is 19.2. The predicted octanol–water partition coefficient (Wildman–Crippen LogP) is 7.01. The molecule has 29 heavy (non-hydrogen) atoms. The quantitative estimate of drug-likeness (QED) is 0.391. The van der Waals surface area contributed by atoms with Gasteiger partial charge in [-0.15, -0.1) is 0 Å². The molecule has 1 N–H and O–H groups in total. The molecule has 0 saturated carbocycles. The van der Waals surface area contributed by atoms with E-state index in [4.69, 9.17) is 4.74 Å². The number of rotatable bonds is 12. The van der Waals surface area contributed by atoms with Gasteiger partial charge in [-0.05, 0) is 86.3 Å². The van der Waals surface area contributed by atoms with Crippen LogP contribution in [0.3, 0.4) is 0 Å². The van der Waals surface area contributed by atoms with Crippen molar-refractivity contribution in [1.29, 1.82) is 0 Å². The van der Waals surface area contributed by atoms with E-state index in [1.807, 2.05) is 12.1 Å². The summed E-state index contributed by atoms with van der Waals surface area (Å²) >= 11 is 0. The lowest BCUT2D eigenvalue weighted by Gasteiger charge is -2.19. The monoisotopic (exact) mass is 396 g/mol. The highest BCUT2D eigenvalue weighted by Gasteiger charge is 2.12. The number of hydrogen-bond donors (Lipinski definition) is 1. The highest BCUT2D eigenvalue weighted by atomic mass is 16.5. The topological polar surface area (TPSA) is 29.5 Å². The van der Waals surface area contributed by atoms with E-state index in [9.17, 15) is 5.11 Å². The summed E-state index contributed by atoms with van der Waals surface area (Å²) in [6, 6.07) is 11.0. The number of aliphatic hydroxyl groups excluding tert-OH is 1. The molecule has 0 spiro atoms.